The minimum Gasteiger partial charge on any atom is -0.326 e. The Balaban J connectivity index is 2.30. The van der Waals surface area contributed by atoms with Gasteiger partial charge in [0.15, 0.2) is 5.78 Å². The summed E-state index contributed by atoms with van der Waals surface area (Å²) in [5, 5.41) is 13.0. The van der Waals surface area contributed by atoms with Gasteiger partial charge in [-0.05, 0) is 48.0 Å². The summed E-state index contributed by atoms with van der Waals surface area (Å²) in [7, 11) is 0. The van der Waals surface area contributed by atoms with Crippen molar-refractivity contribution < 1.29 is 9.59 Å². The first-order chi connectivity index (χ1) is 15.5. The molecule has 2 aromatic carbocycles. The molecule has 6 nitrogen and oxygen atoms in total. The third kappa shape index (κ3) is 5.48. The van der Waals surface area contributed by atoms with Crippen LogP contribution in [0.25, 0.3) is 17.3 Å². The van der Waals surface area contributed by atoms with Gasteiger partial charge in [0.05, 0.1) is 10.2 Å². The first kappa shape index (κ1) is 24.2. The standard InChI is InChI=1S/C25H22ClN3O3S/c1-15(30)28-18-9-5-16(6-10-18)13-21-23(32)29(19-11-7-17(26)8-12-19)24(33-21)20(14-27)22(31)25(2,3)4/h5-13H,1-4H3,(H,28,30)/b21-13-,24-20-. The zero-order valence-electron chi connectivity index (χ0n) is 18.6. The van der Waals surface area contributed by atoms with Crippen molar-refractivity contribution in [2.75, 3.05) is 5.32 Å². The van der Waals surface area contributed by atoms with Crippen LogP contribution < -0.4 is 20.1 Å². The maximum atomic E-state index is 13.4. The highest BCUT2D eigenvalue weighted by molar-refractivity contribution is 7.07. The number of amides is 1. The van der Waals surface area contributed by atoms with Crippen molar-refractivity contribution in [3.8, 4) is 11.8 Å². The number of Topliss-reactive ketones (excluding diaryl/α,β-unsaturated/α-hetero) is 1. The number of benzene rings is 2. The lowest BCUT2D eigenvalue weighted by Crippen LogP contribution is -2.33. The number of rotatable bonds is 4. The van der Waals surface area contributed by atoms with Crippen LogP contribution in [0.2, 0.25) is 5.02 Å². The summed E-state index contributed by atoms with van der Waals surface area (Å²) < 4.78 is 2.01. The van der Waals surface area contributed by atoms with Gasteiger partial charge in [-0.1, -0.05) is 44.5 Å². The molecule has 0 aliphatic heterocycles. The molecule has 1 N–H and O–H groups in total. The normalized spacial score (nSPS) is 12.8. The van der Waals surface area contributed by atoms with Gasteiger partial charge >= 0.3 is 0 Å². The molecule has 0 aliphatic rings. The first-order valence-corrected chi connectivity index (χ1v) is 11.3. The fraction of sp³-hybridized carbons (Fsp3) is 0.200. The lowest BCUT2D eigenvalue weighted by molar-refractivity contribution is -0.120. The van der Waals surface area contributed by atoms with Gasteiger partial charge in [-0.2, -0.15) is 5.26 Å². The van der Waals surface area contributed by atoms with Crippen LogP contribution in [0.5, 0.6) is 0 Å². The van der Waals surface area contributed by atoms with Crippen molar-refractivity contribution in [3.63, 3.8) is 0 Å². The summed E-state index contributed by atoms with van der Waals surface area (Å²) in [5.74, 6) is -0.524. The van der Waals surface area contributed by atoms with Gasteiger partial charge in [0.1, 0.15) is 16.3 Å². The average molecular weight is 480 g/mol. The SMILES string of the molecule is CC(=O)Nc1ccc(/C=c2\s/c(=C(/C#N)C(=O)C(C)(C)C)n(-c3ccc(Cl)cc3)c2=O)cc1. The molecular formula is C25H22ClN3O3S. The molecule has 3 rings (SSSR count). The Morgan fingerprint density at radius 3 is 2.21 bits per heavy atom. The summed E-state index contributed by atoms with van der Waals surface area (Å²) in [6.45, 7) is 6.62. The van der Waals surface area contributed by atoms with Gasteiger partial charge in [-0.3, -0.25) is 19.0 Å². The molecule has 0 fully saturated rings. The van der Waals surface area contributed by atoms with E-state index in [0.717, 1.165) is 16.9 Å². The third-order valence-corrected chi connectivity index (χ3v) is 6.02. The highest BCUT2D eigenvalue weighted by atomic mass is 35.5. The summed E-state index contributed by atoms with van der Waals surface area (Å²) in [6, 6.07) is 15.6. The van der Waals surface area contributed by atoms with E-state index < -0.39 is 5.41 Å². The summed E-state index contributed by atoms with van der Waals surface area (Å²) in [4.78, 5) is 37.6. The Labute approximate surface area is 200 Å². The van der Waals surface area contributed by atoms with Crippen LogP contribution >= 0.6 is 22.9 Å². The van der Waals surface area contributed by atoms with Crippen molar-refractivity contribution in [1.82, 2.24) is 4.57 Å². The largest absolute Gasteiger partial charge is 0.326 e. The zero-order valence-corrected chi connectivity index (χ0v) is 20.2. The smallest absolute Gasteiger partial charge is 0.273 e. The molecule has 0 atom stereocenters. The van der Waals surface area contributed by atoms with Crippen molar-refractivity contribution >= 4 is 52.0 Å². The molecule has 0 bridgehead atoms. The maximum Gasteiger partial charge on any atom is 0.273 e. The fourth-order valence-electron chi connectivity index (χ4n) is 3.06. The van der Waals surface area contributed by atoms with Crippen LogP contribution in [0, 0.1) is 16.7 Å². The minimum atomic E-state index is -0.792. The van der Waals surface area contributed by atoms with Crippen molar-refractivity contribution in [3.05, 3.63) is 78.7 Å². The van der Waals surface area contributed by atoms with Gasteiger partial charge in [0.2, 0.25) is 5.91 Å². The quantitative estimate of drug-likeness (QED) is 0.618. The highest BCUT2D eigenvalue weighted by Crippen LogP contribution is 2.20. The molecule has 0 radical (unpaired) electrons. The van der Waals surface area contributed by atoms with Crippen LogP contribution in [0.15, 0.2) is 53.3 Å². The molecule has 0 unspecified atom stereocenters. The Hall–Kier alpha value is -3.47. The number of thiazole rings is 1. The van der Waals surface area contributed by atoms with E-state index in [1.54, 1.807) is 75.4 Å². The summed E-state index contributed by atoms with van der Waals surface area (Å²) in [6.07, 6.45) is 1.69. The van der Waals surface area contributed by atoms with E-state index in [9.17, 15) is 19.6 Å². The predicted octanol–water partition coefficient (Wildman–Crippen LogP) is 3.63. The average Bonchev–Trinajstić information content (AvgIpc) is 3.05. The lowest BCUT2D eigenvalue weighted by atomic mass is 9.87. The molecule has 33 heavy (non-hydrogen) atoms. The topological polar surface area (TPSA) is 92.0 Å². The van der Waals surface area contributed by atoms with E-state index in [-0.39, 0.29) is 27.5 Å². The van der Waals surface area contributed by atoms with E-state index >= 15 is 0 Å². The maximum absolute atomic E-state index is 13.4. The molecular weight excluding hydrogens is 458 g/mol. The molecule has 8 heteroatoms. The van der Waals surface area contributed by atoms with Crippen LogP contribution in [0.4, 0.5) is 5.69 Å². The molecule has 0 aliphatic carbocycles. The number of hydrogen-bond acceptors (Lipinski definition) is 5. The van der Waals surface area contributed by atoms with E-state index in [2.05, 4.69) is 5.32 Å². The van der Waals surface area contributed by atoms with Crippen LogP contribution in [0.3, 0.4) is 0 Å². The van der Waals surface area contributed by atoms with Crippen molar-refractivity contribution in [2.45, 2.75) is 27.7 Å². The van der Waals surface area contributed by atoms with Gasteiger partial charge in [-0.15, -0.1) is 11.3 Å². The van der Waals surface area contributed by atoms with Gasteiger partial charge in [-0.25, -0.2) is 0 Å². The number of ketones is 1. The van der Waals surface area contributed by atoms with E-state index in [0.29, 0.717) is 20.9 Å². The second kappa shape index (κ2) is 9.57. The molecule has 0 saturated heterocycles. The Bertz CT molecular complexity index is 1440. The van der Waals surface area contributed by atoms with E-state index in [1.807, 2.05) is 6.07 Å². The third-order valence-electron chi connectivity index (χ3n) is 4.67. The second-order valence-electron chi connectivity index (χ2n) is 8.40. The Morgan fingerprint density at radius 2 is 1.70 bits per heavy atom. The molecule has 0 spiro atoms. The van der Waals surface area contributed by atoms with E-state index in [1.165, 1.54) is 11.5 Å². The minimum absolute atomic E-state index is 0.0693. The number of anilines is 1. The Morgan fingerprint density at radius 1 is 1.09 bits per heavy atom. The van der Waals surface area contributed by atoms with E-state index in [4.69, 9.17) is 11.6 Å². The summed E-state index contributed by atoms with van der Waals surface area (Å²) >= 11 is 7.09. The molecule has 1 heterocycles. The number of halogens is 1. The lowest BCUT2D eigenvalue weighted by Gasteiger charge is -2.15. The summed E-state index contributed by atoms with van der Waals surface area (Å²) in [5.41, 5.74) is 0.668. The van der Waals surface area contributed by atoms with Gasteiger partial charge in [0.25, 0.3) is 5.56 Å². The monoisotopic (exact) mass is 479 g/mol. The number of carbonyl (C=O) groups excluding carboxylic acids is 2. The Kier molecular flexibility index (Phi) is 7.01. The van der Waals surface area contributed by atoms with Gasteiger partial charge in [0, 0.05) is 23.0 Å². The molecule has 168 valence electrons. The molecule has 3 aromatic rings. The van der Waals surface area contributed by atoms with Gasteiger partial charge < -0.3 is 5.32 Å². The van der Waals surface area contributed by atoms with Crippen LogP contribution in [-0.2, 0) is 9.59 Å². The zero-order chi connectivity index (χ0) is 24.3. The number of nitriles is 1. The first-order valence-electron chi connectivity index (χ1n) is 10.1. The molecule has 1 aromatic heterocycles. The number of nitrogens with zero attached hydrogens (tertiary/aromatic N) is 2. The fourth-order valence-corrected chi connectivity index (χ4v) is 4.29. The number of carbonyl (C=O) groups is 2. The molecule has 0 saturated carbocycles. The van der Waals surface area contributed by atoms with Crippen LogP contribution in [0.1, 0.15) is 33.3 Å². The van der Waals surface area contributed by atoms with Crippen molar-refractivity contribution in [1.29, 1.82) is 5.26 Å². The number of hydrogen-bond donors (Lipinski definition) is 1. The van der Waals surface area contributed by atoms with Crippen molar-refractivity contribution in [2.24, 2.45) is 5.41 Å². The number of nitrogens with one attached hydrogen (secondary N) is 1. The number of aromatic nitrogens is 1. The predicted molar refractivity (Wildman–Crippen MR) is 132 cm³/mol. The highest BCUT2D eigenvalue weighted by Gasteiger charge is 2.27. The molecule has 1 amide bonds. The second-order valence-corrected chi connectivity index (χ2v) is 9.87. The van der Waals surface area contributed by atoms with Crippen LogP contribution in [-0.4, -0.2) is 16.3 Å².